The molecule has 24 heavy (non-hydrogen) atoms. The second-order valence-electron chi connectivity index (χ2n) is 5.49. The zero-order chi connectivity index (χ0) is 16.9. The van der Waals surface area contributed by atoms with Gasteiger partial charge in [0.15, 0.2) is 5.82 Å². The number of H-pyrrole nitrogens is 1. The lowest BCUT2D eigenvalue weighted by Gasteiger charge is -2.11. The number of aliphatic hydroxyl groups excluding tert-OH is 1. The van der Waals surface area contributed by atoms with Gasteiger partial charge in [0.05, 0.1) is 17.0 Å². The average Bonchev–Trinajstić information content (AvgIpc) is 2.60. The van der Waals surface area contributed by atoms with Crippen LogP contribution in [0.3, 0.4) is 0 Å². The Morgan fingerprint density at radius 1 is 1.12 bits per heavy atom. The van der Waals surface area contributed by atoms with E-state index in [2.05, 4.69) is 15.3 Å². The van der Waals surface area contributed by atoms with Gasteiger partial charge in [0.25, 0.3) is 11.5 Å². The van der Waals surface area contributed by atoms with Crippen molar-refractivity contribution in [1.29, 1.82) is 0 Å². The van der Waals surface area contributed by atoms with Gasteiger partial charge in [0.2, 0.25) is 0 Å². The molecule has 0 fully saturated rings. The molecule has 0 spiro atoms. The summed E-state index contributed by atoms with van der Waals surface area (Å²) in [6, 6.07) is 16.3. The van der Waals surface area contributed by atoms with Crippen molar-refractivity contribution in [3.8, 4) is 0 Å². The summed E-state index contributed by atoms with van der Waals surface area (Å²) in [5.41, 5.74) is 1.07. The first-order chi connectivity index (χ1) is 11.6. The van der Waals surface area contributed by atoms with E-state index >= 15 is 0 Å². The van der Waals surface area contributed by atoms with E-state index in [0.717, 1.165) is 5.56 Å². The van der Waals surface area contributed by atoms with Crippen molar-refractivity contribution >= 4 is 16.8 Å². The first-order valence-corrected chi connectivity index (χ1v) is 7.63. The minimum atomic E-state index is -0.719. The van der Waals surface area contributed by atoms with E-state index in [1.807, 2.05) is 30.3 Å². The van der Waals surface area contributed by atoms with Crippen molar-refractivity contribution < 1.29 is 9.90 Å². The molecule has 0 radical (unpaired) electrons. The van der Waals surface area contributed by atoms with E-state index in [9.17, 15) is 14.7 Å². The smallest absolute Gasteiger partial charge is 0.287 e. The lowest BCUT2D eigenvalue weighted by atomic mass is 10.1. The third kappa shape index (κ3) is 3.67. The molecular formula is C18H17N3O3. The lowest BCUT2D eigenvalue weighted by molar-refractivity contribution is 0.0906. The van der Waals surface area contributed by atoms with Crippen LogP contribution in [-0.4, -0.2) is 33.6 Å². The largest absolute Gasteiger partial charge is 0.391 e. The third-order valence-electron chi connectivity index (χ3n) is 3.64. The number of nitrogens with zero attached hydrogens (tertiary/aromatic N) is 1. The normalized spacial score (nSPS) is 12.0. The number of rotatable bonds is 5. The van der Waals surface area contributed by atoms with Crippen LogP contribution in [0.15, 0.2) is 59.4 Å². The van der Waals surface area contributed by atoms with Crippen molar-refractivity contribution in [2.75, 3.05) is 6.54 Å². The van der Waals surface area contributed by atoms with Crippen LogP contribution in [0.2, 0.25) is 0 Å². The minimum absolute atomic E-state index is 0.0642. The number of carbonyl (C=O) groups is 1. The molecule has 122 valence electrons. The van der Waals surface area contributed by atoms with Crippen LogP contribution < -0.4 is 10.9 Å². The number of para-hydroxylation sites is 1. The summed E-state index contributed by atoms with van der Waals surface area (Å²) in [7, 11) is 0. The van der Waals surface area contributed by atoms with Gasteiger partial charge in [-0.25, -0.2) is 4.98 Å². The van der Waals surface area contributed by atoms with E-state index in [-0.39, 0.29) is 17.9 Å². The predicted octanol–water partition coefficient (Wildman–Crippen LogP) is 1.26. The Balaban J connectivity index is 1.66. The lowest BCUT2D eigenvalue weighted by Crippen LogP contribution is -2.35. The number of carbonyl (C=O) groups excluding carboxylic acids is 1. The number of aliphatic hydroxyl groups is 1. The topological polar surface area (TPSA) is 95.1 Å². The third-order valence-corrected chi connectivity index (χ3v) is 3.64. The zero-order valence-corrected chi connectivity index (χ0v) is 12.9. The maximum absolute atomic E-state index is 12.1. The predicted molar refractivity (Wildman–Crippen MR) is 90.8 cm³/mol. The van der Waals surface area contributed by atoms with Crippen LogP contribution in [0.1, 0.15) is 16.2 Å². The van der Waals surface area contributed by atoms with E-state index in [0.29, 0.717) is 17.3 Å². The fourth-order valence-electron chi connectivity index (χ4n) is 2.45. The molecule has 1 amide bonds. The summed E-state index contributed by atoms with van der Waals surface area (Å²) in [6.07, 6.45) is -0.286. The van der Waals surface area contributed by atoms with E-state index in [4.69, 9.17) is 0 Å². The summed E-state index contributed by atoms with van der Waals surface area (Å²) in [5.74, 6) is -0.587. The summed E-state index contributed by atoms with van der Waals surface area (Å²) < 4.78 is 0. The minimum Gasteiger partial charge on any atom is -0.391 e. The van der Waals surface area contributed by atoms with Gasteiger partial charge in [0, 0.05) is 13.0 Å². The molecule has 3 rings (SSSR count). The Kier molecular flexibility index (Phi) is 4.67. The highest BCUT2D eigenvalue weighted by Gasteiger charge is 2.13. The number of hydrogen-bond donors (Lipinski definition) is 3. The molecule has 1 heterocycles. The summed E-state index contributed by atoms with van der Waals surface area (Å²) in [4.78, 5) is 30.7. The average molecular weight is 323 g/mol. The standard InChI is InChI=1S/C18H17N3O3/c22-13(10-12-6-2-1-3-7-12)11-19-18(24)16-20-15-9-5-4-8-14(15)17(23)21-16/h1-9,13,22H,10-11H2,(H,19,24)(H,20,21,23). The molecule has 0 aliphatic heterocycles. The van der Waals surface area contributed by atoms with Crippen LogP contribution in [0.5, 0.6) is 0 Å². The molecule has 1 atom stereocenters. The molecule has 0 saturated carbocycles. The van der Waals surface area contributed by atoms with Crippen LogP contribution in [0.4, 0.5) is 0 Å². The van der Waals surface area contributed by atoms with Gasteiger partial charge < -0.3 is 15.4 Å². The highest BCUT2D eigenvalue weighted by atomic mass is 16.3. The molecule has 6 heteroatoms. The van der Waals surface area contributed by atoms with Crippen molar-refractivity contribution in [2.45, 2.75) is 12.5 Å². The number of benzene rings is 2. The van der Waals surface area contributed by atoms with Crippen LogP contribution in [0.25, 0.3) is 10.9 Å². The summed E-state index contributed by atoms with van der Waals surface area (Å²) in [6.45, 7) is 0.0737. The summed E-state index contributed by atoms with van der Waals surface area (Å²) >= 11 is 0. The van der Waals surface area contributed by atoms with Crippen molar-refractivity contribution in [1.82, 2.24) is 15.3 Å². The van der Waals surface area contributed by atoms with Gasteiger partial charge in [0.1, 0.15) is 0 Å². The molecule has 3 N–H and O–H groups in total. The SMILES string of the molecule is O=C(NCC(O)Cc1ccccc1)c1nc2ccccc2c(=O)[nH]1. The Labute approximate surface area is 138 Å². The number of fused-ring (bicyclic) bond motifs is 1. The van der Waals surface area contributed by atoms with Crippen LogP contribution in [-0.2, 0) is 6.42 Å². The van der Waals surface area contributed by atoms with Crippen molar-refractivity contribution in [2.24, 2.45) is 0 Å². The Morgan fingerprint density at radius 3 is 2.62 bits per heavy atom. The highest BCUT2D eigenvalue weighted by Crippen LogP contribution is 2.06. The molecule has 1 unspecified atom stereocenters. The zero-order valence-electron chi connectivity index (χ0n) is 12.9. The molecule has 3 aromatic rings. The van der Waals surface area contributed by atoms with E-state index in [1.165, 1.54) is 0 Å². The monoisotopic (exact) mass is 323 g/mol. The quantitative estimate of drug-likeness (QED) is 0.659. The van der Waals surface area contributed by atoms with Crippen LogP contribution in [0, 0.1) is 0 Å². The van der Waals surface area contributed by atoms with Gasteiger partial charge in [-0.2, -0.15) is 0 Å². The second kappa shape index (κ2) is 7.06. The molecule has 1 aromatic heterocycles. The van der Waals surface area contributed by atoms with Gasteiger partial charge in [-0.3, -0.25) is 9.59 Å². The summed E-state index contributed by atoms with van der Waals surface area (Å²) in [5, 5.41) is 13.0. The van der Waals surface area contributed by atoms with Crippen LogP contribution >= 0.6 is 0 Å². The van der Waals surface area contributed by atoms with E-state index in [1.54, 1.807) is 24.3 Å². The van der Waals surface area contributed by atoms with E-state index < -0.39 is 12.0 Å². The molecular weight excluding hydrogens is 306 g/mol. The Bertz CT molecular complexity index is 906. The molecule has 0 bridgehead atoms. The molecule has 0 saturated heterocycles. The van der Waals surface area contributed by atoms with Gasteiger partial charge in [-0.1, -0.05) is 42.5 Å². The number of aromatic amines is 1. The van der Waals surface area contributed by atoms with Crippen molar-refractivity contribution in [3.63, 3.8) is 0 Å². The first-order valence-electron chi connectivity index (χ1n) is 7.63. The number of aromatic nitrogens is 2. The molecule has 0 aliphatic rings. The second-order valence-corrected chi connectivity index (χ2v) is 5.49. The van der Waals surface area contributed by atoms with Crippen molar-refractivity contribution in [3.05, 3.63) is 76.3 Å². The number of nitrogens with one attached hydrogen (secondary N) is 2. The van der Waals surface area contributed by atoms with Gasteiger partial charge >= 0.3 is 0 Å². The maximum atomic E-state index is 12.1. The number of hydrogen-bond acceptors (Lipinski definition) is 4. The number of amides is 1. The van der Waals surface area contributed by atoms with Gasteiger partial charge in [-0.05, 0) is 17.7 Å². The first kappa shape index (κ1) is 15.9. The maximum Gasteiger partial charge on any atom is 0.287 e. The fraction of sp³-hybridized carbons (Fsp3) is 0.167. The Morgan fingerprint density at radius 2 is 1.83 bits per heavy atom. The molecule has 0 aliphatic carbocycles. The Hall–Kier alpha value is -2.99. The molecule has 6 nitrogen and oxygen atoms in total. The van der Waals surface area contributed by atoms with Gasteiger partial charge in [-0.15, -0.1) is 0 Å². The fourth-order valence-corrected chi connectivity index (χ4v) is 2.45. The molecule has 2 aromatic carbocycles. The highest BCUT2D eigenvalue weighted by molar-refractivity contribution is 5.92.